The third kappa shape index (κ3) is 3.37. The van der Waals surface area contributed by atoms with Crippen LogP contribution in [-0.4, -0.2) is 10.2 Å². The third-order valence-electron chi connectivity index (χ3n) is 1.76. The Morgan fingerprint density at radius 1 is 1.00 bits per heavy atom. The maximum Gasteiger partial charge on any atom is 0.294 e. The van der Waals surface area contributed by atoms with Crippen LogP contribution in [-0.2, 0) is 3.79 Å². The van der Waals surface area contributed by atoms with Crippen molar-refractivity contribution < 1.29 is 4.42 Å². The molecule has 0 aliphatic carbocycles. The van der Waals surface area contributed by atoms with E-state index >= 15 is 0 Å². The van der Waals surface area contributed by atoms with Gasteiger partial charge < -0.3 is 4.42 Å². The minimum Gasteiger partial charge on any atom is -0.410 e. The van der Waals surface area contributed by atoms with Crippen molar-refractivity contribution in [3.63, 3.8) is 0 Å². The molecule has 0 atom stereocenters. The molecular weight excluding hydrogens is 282 g/mol. The summed E-state index contributed by atoms with van der Waals surface area (Å²) in [6.45, 7) is 0. The van der Waals surface area contributed by atoms with Gasteiger partial charge in [0.25, 0.3) is 15.6 Å². The van der Waals surface area contributed by atoms with Gasteiger partial charge in [-0.05, 0) is 18.1 Å². The number of nitrogens with zero attached hydrogens (tertiary/aromatic N) is 2. The van der Waals surface area contributed by atoms with E-state index in [1.54, 1.807) is 0 Å². The molecule has 0 unspecified atom stereocenters. The van der Waals surface area contributed by atoms with Crippen LogP contribution in [0.5, 0.6) is 0 Å². The number of halogens is 3. The molecule has 86 valence electrons. The second-order valence-electron chi connectivity index (χ2n) is 3.03. The first-order valence-corrected chi connectivity index (χ1v) is 5.67. The van der Waals surface area contributed by atoms with Crippen LogP contribution in [0.1, 0.15) is 17.3 Å². The van der Waals surface area contributed by atoms with Gasteiger partial charge in [-0.1, -0.05) is 64.0 Å². The minimum absolute atomic E-state index is 0.0974. The summed E-state index contributed by atoms with van der Waals surface area (Å²) >= 11 is 16.7. The highest BCUT2D eigenvalue weighted by Gasteiger charge is 2.29. The molecule has 0 amide bonds. The monoisotopic (exact) mass is 286 g/mol. The molecule has 1 aromatic carbocycles. The molecule has 1 aromatic heterocycles. The van der Waals surface area contributed by atoms with E-state index in [-0.39, 0.29) is 11.8 Å². The Bertz CT molecular complexity index is 564. The Balaban J connectivity index is 2.21. The fourth-order valence-corrected chi connectivity index (χ4v) is 1.26. The molecule has 2 rings (SSSR count). The van der Waals surface area contributed by atoms with Gasteiger partial charge in [0.1, 0.15) is 0 Å². The number of alkyl halides is 3. The van der Waals surface area contributed by atoms with Gasteiger partial charge in [0, 0.05) is 5.56 Å². The predicted octanol–water partition coefficient (Wildman–Crippen LogP) is 3.30. The molecular formula is C11H5Cl3N2O. The molecule has 0 saturated heterocycles. The first-order chi connectivity index (χ1) is 8.05. The zero-order valence-electron chi connectivity index (χ0n) is 8.32. The highest BCUT2D eigenvalue weighted by atomic mass is 35.6. The first-order valence-electron chi connectivity index (χ1n) is 4.53. The van der Waals surface area contributed by atoms with Crippen molar-refractivity contribution in [2.45, 2.75) is 3.79 Å². The van der Waals surface area contributed by atoms with Gasteiger partial charge in [0.2, 0.25) is 0 Å². The van der Waals surface area contributed by atoms with E-state index < -0.39 is 3.79 Å². The Morgan fingerprint density at radius 3 is 2.29 bits per heavy atom. The summed E-state index contributed by atoms with van der Waals surface area (Å²) in [5.74, 6) is 5.55. The van der Waals surface area contributed by atoms with Crippen LogP contribution < -0.4 is 0 Å². The van der Waals surface area contributed by atoms with Gasteiger partial charge in [0.05, 0.1) is 0 Å². The molecule has 6 heteroatoms. The normalized spacial score (nSPS) is 10.8. The van der Waals surface area contributed by atoms with E-state index in [4.69, 9.17) is 39.2 Å². The Kier molecular flexibility index (Phi) is 3.58. The molecule has 0 bridgehead atoms. The lowest BCUT2D eigenvalue weighted by Gasteiger charge is -2.01. The first kappa shape index (κ1) is 12.3. The standard InChI is InChI=1S/C11H5Cl3N2O/c12-11(13,14)10-16-15-9(17-10)7-6-8-4-2-1-3-5-8/h1-5H. The van der Waals surface area contributed by atoms with Crippen molar-refractivity contribution in [3.05, 3.63) is 47.7 Å². The van der Waals surface area contributed by atoms with Crippen LogP contribution in [0.15, 0.2) is 34.7 Å². The maximum absolute atomic E-state index is 5.58. The molecule has 0 radical (unpaired) electrons. The van der Waals surface area contributed by atoms with Crippen molar-refractivity contribution in [1.29, 1.82) is 0 Å². The lowest BCUT2D eigenvalue weighted by molar-refractivity contribution is 0.491. The SMILES string of the molecule is ClC(Cl)(Cl)c1nnc(C#Cc2ccccc2)o1. The average Bonchev–Trinajstić information content (AvgIpc) is 2.76. The van der Waals surface area contributed by atoms with E-state index in [0.717, 1.165) is 5.56 Å². The predicted molar refractivity (Wildman–Crippen MR) is 66.0 cm³/mol. The summed E-state index contributed by atoms with van der Waals surface area (Å²) in [5.41, 5.74) is 0.834. The molecule has 2 aromatic rings. The third-order valence-corrected chi connectivity index (χ3v) is 2.24. The second-order valence-corrected chi connectivity index (χ2v) is 5.31. The van der Waals surface area contributed by atoms with Crippen molar-refractivity contribution in [3.8, 4) is 11.8 Å². The van der Waals surface area contributed by atoms with Crippen molar-refractivity contribution in [1.82, 2.24) is 10.2 Å². The molecule has 0 N–H and O–H groups in total. The molecule has 0 aliphatic heterocycles. The summed E-state index contributed by atoms with van der Waals surface area (Å²) in [5, 5.41) is 7.24. The van der Waals surface area contributed by atoms with E-state index in [2.05, 4.69) is 22.0 Å². The van der Waals surface area contributed by atoms with Crippen molar-refractivity contribution >= 4 is 34.8 Å². The second kappa shape index (κ2) is 4.97. The zero-order chi connectivity index (χ0) is 12.3. The van der Waals surface area contributed by atoms with Crippen LogP contribution in [0.4, 0.5) is 0 Å². The number of rotatable bonds is 0. The van der Waals surface area contributed by atoms with Crippen molar-refractivity contribution in [2.24, 2.45) is 0 Å². The number of hydrogen-bond donors (Lipinski definition) is 0. The Labute approximate surface area is 113 Å². The molecule has 0 aliphatic rings. The largest absolute Gasteiger partial charge is 0.410 e. The van der Waals surface area contributed by atoms with Crippen LogP contribution >= 0.6 is 34.8 Å². The van der Waals surface area contributed by atoms with Gasteiger partial charge in [-0.3, -0.25) is 0 Å². The van der Waals surface area contributed by atoms with Crippen molar-refractivity contribution in [2.75, 3.05) is 0 Å². The number of aromatic nitrogens is 2. The molecule has 0 spiro atoms. The van der Waals surface area contributed by atoms with E-state index in [1.807, 2.05) is 30.3 Å². The molecule has 3 nitrogen and oxygen atoms in total. The Hall–Kier alpha value is -1.21. The summed E-state index contributed by atoms with van der Waals surface area (Å²) in [4.78, 5) is 0. The van der Waals surface area contributed by atoms with Gasteiger partial charge in [-0.15, -0.1) is 5.10 Å². The lowest BCUT2D eigenvalue weighted by atomic mass is 10.2. The van der Waals surface area contributed by atoms with Crippen LogP contribution in [0.2, 0.25) is 0 Å². The highest BCUT2D eigenvalue weighted by Crippen LogP contribution is 2.36. The maximum atomic E-state index is 5.58. The molecule has 0 fully saturated rings. The van der Waals surface area contributed by atoms with Gasteiger partial charge in [-0.2, -0.15) is 0 Å². The number of benzene rings is 1. The van der Waals surface area contributed by atoms with Gasteiger partial charge >= 0.3 is 0 Å². The van der Waals surface area contributed by atoms with Gasteiger partial charge in [-0.25, -0.2) is 0 Å². The molecule has 17 heavy (non-hydrogen) atoms. The average molecular weight is 288 g/mol. The fraction of sp³-hybridized carbons (Fsp3) is 0.0909. The molecule has 1 heterocycles. The summed E-state index contributed by atoms with van der Waals surface area (Å²) in [7, 11) is 0. The summed E-state index contributed by atoms with van der Waals surface area (Å²) in [6, 6.07) is 9.38. The number of hydrogen-bond acceptors (Lipinski definition) is 3. The van der Waals surface area contributed by atoms with E-state index in [9.17, 15) is 0 Å². The van der Waals surface area contributed by atoms with Crippen LogP contribution in [0.3, 0.4) is 0 Å². The van der Waals surface area contributed by atoms with E-state index in [1.165, 1.54) is 0 Å². The topological polar surface area (TPSA) is 38.9 Å². The zero-order valence-corrected chi connectivity index (χ0v) is 10.6. The fourth-order valence-electron chi connectivity index (χ4n) is 1.04. The summed E-state index contributed by atoms with van der Waals surface area (Å²) in [6.07, 6.45) is 0. The quantitative estimate of drug-likeness (QED) is 0.551. The summed E-state index contributed by atoms with van der Waals surface area (Å²) < 4.78 is 3.36. The highest BCUT2D eigenvalue weighted by molar-refractivity contribution is 6.66. The van der Waals surface area contributed by atoms with Crippen LogP contribution in [0, 0.1) is 11.8 Å². The van der Waals surface area contributed by atoms with E-state index in [0.29, 0.717) is 0 Å². The van der Waals surface area contributed by atoms with Crippen LogP contribution in [0.25, 0.3) is 0 Å². The Morgan fingerprint density at radius 2 is 1.71 bits per heavy atom. The smallest absolute Gasteiger partial charge is 0.294 e. The van der Waals surface area contributed by atoms with Gasteiger partial charge in [0.15, 0.2) is 0 Å². The molecule has 0 saturated carbocycles. The lowest BCUT2D eigenvalue weighted by Crippen LogP contribution is -1.99. The minimum atomic E-state index is -1.72.